The molecule has 3 N–H and O–H groups in total. The zero-order chi connectivity index (χ0) is 22.9. The highest BCUT2D eigenvalue weighted by Gasteiger charge is 2.15. The Bertz CT molecular complexity index is 1600. The number of aromatic amines is 2. The van der Waals surface area contributed by atoms with Crippen LogP contribution in [0.3, 0.4) is 0 Å². The van der Waals surface area contributed by atoms with Crippen LogP contribution in [0, 0.1) is 0 Å². The van der Waals surface area contributed by atoms with E-state index in [1.165, 1.54) is 0 Å². The molecule has 0 saturated carbocycles. The lowest BCUT2D eigenvalue weighted by atomic mass is 10.1. The van der Waals surface area contributed by atoms with Crippen molar-refractivity contribution in [1.29, 1.82) is 0 Å². The summed E-state index contributed by atoms with van der Waals surface area (Å²) in [6.07, 6.45) is 7.39. The molecule has 34 heavy (non-hydrogen) atoms. The highest BCUT2D eigenvalue weighted by molar-refractivity contribution is 6.01. The number of hydrogen-bond donors (Lipinski definition) is 3. The normalized spacial score (nSPS) is 11.4. The second-order valence-electron chi connectivity index (χ2n) is 8.21. The Balaban J connectivity index is 1.44. The van der Waals surface area contributed by atoms with Crippen molar-refractivity contribution >= 4 is 21.8 Å². The molecule has 0 fully saturated rings. The maximum atomic E-state index is 4.65. The molecule has 0 atom stereocenters. The summed E-state index contributed by atoms with van der Waals surface area (Å²) in [7, 11) is 0. The van der Waals surface area contributed by atoms with E-state index in [9.17, 15) is 0 Å². The van der Waals surface area contributed by atoms with E-state index < -0.39 is 0 Å². The fourth-order valence-corrected chi connectivity index (χ4v) is 4.30. The number of hydrogen-bond acceptors (Lipinski definition) is 5. The minimum Gasteiger partial charge on any atom is -0.353 e. The quantitative estimate of drug-likeness (QED) is 0.322. The smallest absolute Gasteiger partial charge is 0.116 e. The average molecular weight is 446 g/mol. The number of aromatic nitrogens is 6. The predicted molar refractivity (Wildman–Crippen MR) is 135 cm³/mol. The van der Waals surface area contributed by atoms with Gasteiger partial charge in [-0.25, -0.2) is 0 Å². The van der Waals surface area contributed by atoms with Crippen molar-refractivity contribution in [3.05, 3.63) is 84.9 Å². The van der Waals surface area contributed by atoms with Crippen LogP contribution in [0.15, 0.2) is 79.4 Å². The van der Waals surface area contributed by atoms with E-state index in [1.54, 1.807) is 0 Å². The molecule has 0 unspecified atom stereocenters. The SMILES string of the molecule is CCNCc1cncc(-c2cc3c(-c4cc5c(-c6ccccn6)cccc5[nH]4)n[nH]c3cn2)c1. The Morgan fingerprint density at radius 1 is 0.853 bits per heavy atom. The van der Waals surface area contributed by atoms with Crippen molar-refractivity contribution < 1.29 is 0 Å². The van der Waals surface area contributed by atoms with Gasteiger partial charge in [0.05, 0.1) is 28.8 Å². The Morgan fingerprint density at radius 3 is 2.71 bits per heavy atom. The Hall–Kier alpha value is -4.36. The minimum atomic E-state index is 0.782. The first-order valence-electron chi connectivity index (χ1n) is 11.3. The lowest BCUT2D eigenvalue weighted by Gasteiger charge is -2.05. The lowest BCUT2D eigenvalue weighted by Crippen LogP contribution is -2.11. The van der Waals surface area contributed by atoms with Gasteiger partial charge in [0.2, 0.25) is 0 Å². The number of nitrogens with zero attached hydrogens (tertiary/aromatic N) is 4. The standard InChI is InChI=1S/C27H23N7/c1-2-28-13-17-10-18(15-29-14-17)24-12-21-26(16-31-24)33-34-27(21)25-11-20-19(6-5-8-23(20)32-25)22-7-3-4-9-30-22/h3-12,14-16,28,32H,2,13H2,1H3,(H,33,34). The minimum absolute atomic E-state index is 0.782. The van der Waals surface area contributed by atoms with Gasteiger partial charge in [0, 0.05) is 52.6 Å². The van der Waals surface area contributed by atoms with Crippen molar-refractivity contribution in [1.82, 2.24) is 35.5 Å². The van der Waals surface area contributed by atoms with Crippen molar-refractivity contribution in [2.75, 3.05) is 6.54 Å². The fourth-order valence-electron chi connectivity index (χ4n) is 4.30. The van der Waals surface area contributed by atoms with Crippen LogP contribution in [0.2, 0.25) is 0 Å². The maximum absolute atomic E-state index is 4.65. The third kappa shape index (κ3) is 3.62. The highest BCUT2D eigenvalue weighted by atomic mass is 15.1. The van der Waals surface area contributed by atoms with Crippen LogP contribution in [0.5, 0.6) is 0 Å². The van der Waals surface area contributed by atoms with Crippen molar-refractivity contribution in [2.24, 2.45) is 0 Å². The molecule has 0 aliphatic heterocycles. The molecule has 0 saturated heterocycles. The lowest BCUT2D eigenvalue weighted by molar-refractivity contribution is 0.724. The summed E-state index contributed by atoms with van der Waals surface area (Å²) in [5.74, 6) is 0. The third-order valence-corrected chi connectivity index (χ3v) is 5.98. The van der Waals surface area contributed by atoms with Crippen LogP contribution >= 0.6 is 0 Å². The summed E-state index contributed by atoms with van der Waals surface area (Å²) in [5.41, 5.74) is 8.76. The molecule has 0 radical (unpaired) electrons. The van der Waals surface area contributed by atoms with Gasteiger partial charge in [0.25, 0.3) is 0 Å². The van der Waals surface area contributed by atoms with Gasteiger partial charge in [0.15, 0.2) is 0 Å². The Morgan fingerprint density at radius 2 is 1.82 bits per heavy atom. The number of benzene rings is 1. The van der Waals surface area contributed by atoms with Crippen LogP contribution in [0.4, 0.5) is 0 Å². The van der Waals surface area contributed by atoms with Crippen molar-refractivity contribution in [3.63, 3.8) is 0 Å². The van der Waals surface area contributed by atoms with Gasteiger partial charge in [-0.1, -0.05) is 25.1 Å². The molecular formula is C27H23N7. The van der Waals surface area contributed by atoms with Gasteiger partial charge in [0.1, 0.15) is 5.69 Å². The van der Waals surface area contributed by atoms with E-state index >= 15 is 0 Å². The summed E-state index contributed by atoms with van der Waals surface area (Å²) in [4.78, 5) is 17.1. The van der Waals surface area contributed by atoms with Gasteiger partial charge in [-0.3, -0.25) is 20.1 Å². The summed E-state index contributed by atoms with van der Waals surface area (Å²) in [6.45, 7) is 3.79. The van der Waals surface area contributed by atoms with E-state index in [4.69, 9.17) is 0 Å². The first-order chi connectivity index (χ1) is 16.8. The topological polar surface area (TPSA) is 95.2 Å². The molecular weight excluding hydrogens is 422 g/mol. The molecule has 0 bridgehead atoms. The van der Waals surface area contributed by atoms with Crippen molar-refractivity contribution in [3.8, 4) is 33.9 Å². The third-order valence-electron chi connectivity index (χ3n) is 5.98. The van der Waals surface area contributed by atoms with E-state index in [1.807, 2.05) is 49.1 Å². The molecule has 7 heteroatoms. The molecule has 5 aromatic heterocycles. The van der Waals surface area contributed by atoms with Crippen LogP contribution in [0.1, 0.15) is 12.5 Å². The molecule has 0 aliphatic carbocycles. The predicted octanol–water partition coefficient (Wildman–Crippen LogP) is 5.34. The maximum Gasteiger partial charge on any atom is 0.116 e. The molecule has 6 aromatic rings. The van der Waals surface area contributed by atoms with E-state index in [0.717, 1.165) is 74.4 Å². The summed E-state index contributed by atoms with van der Waals surface area (Å²) >= 11 is 0. The van der Waals surface area contributed by atoms with Crippen molar-refractivity contribution in [2.45, 2.75) is 13.5 Å². The Kier molecular flexibility index (Phi) is 5.08. The van der Waals surface area contributed by atoms with Crippen LogP contribution in [0.25, 0.3) is 55.7 Å². The summed E-state index contributed by atoms with van der Waals surface area (Å²) in [5, 5.41) is 13.2. The molecule has 0 spiro atoms. The van der Waals surface area contributed by atoms with Gasteiger partial charge in [-0.15, -0.1) is 0 Å². The molecule has 0 amide bonds. The zero-order valence-electron chi connectivity index (χ0n) is 18.7. The highest BCUT2D eigenvalue weighted by Crippen LogP contribution is 2.34. The van der Waals surface area contributed by atoms with Gasteiger partial charge >= 0.3 is 0 Å². The number of nitrogens with one attached hydrogen (secondary N) is 3. The summed E-state index contributed by atoms with van der Waals surface area (Å²) < 4.78 is 0. The van der Waals surface area contributed by atoms with Gasteiger partial charge < -0.3 is 10.3 Å². The average Bonchev–Trinajstić information content (AvgIpc) is 3.51. The van der Waals surface area contributed by atoms with Crippen LogP contribution in [-0.4, -0.2) is 36.7 Å². The number of fused-ring (bicyclic) bond motifs is 2. The first-order valence-corrected chi connectivity index (χ1v) is 11.3. The monoisotopic (exact) mass is 445 g/mol. The molecule has 7 nitrogen and oxygen atoms in total. The molecule has 5 heterocycles. The van der Waals surface area contributed by atoms with Crippen LogP contribution < -0.4 is 5.32 Å². The number of H-pyrrole nitrogens is 2. The van der Waals surface area contributed by atoms with E-state index in [2.05, 4.69) is 72.7 Å². The van der Waals surface area contributed by atoms with Gasteiger partial charge in [-0.2, -0.15) is 5.10 Å². The first kappa shape index (κ1) is 20.3. The van der Waals surface area contributed by atoms with E-state index in [-0.39, 0.29) is 0 Å². The van der Waals surface area contributed by atoms with Gasteiger partial charge in [-0.05, 0) is 48.5 Å². The fraction of sp³-hybridized carbons (Fsp3) is 0.111. The number of pyridine rings is 3. The molecule has 1 aromatic carbocycles. The molecule has 166 valence electrons. The summed E-state index contributed by atoms with van der Waals surface area (Å²) in [6, 6.07) is 18.5. The molecule has 6 rings (SSSR count). The second-order valence-corrected chi connectivity index (χ2v) is 8.21. The second kappa shape index (κ2) is 8.53. The largest absolute Gasteiger partial charge is 0.353 e. The van der Waals surface area contributed by atoms with Crippen LogP contribution in [-0.2, 0) is 6.54 Å². The number of rotatable bonds is 6. The Labute approximate surface area is 196 Å². The zero-order valence-corrected chi connectivity index (χ0v) is 18.7. The van der Waals surface area contributed by atoms with E-state index in [0.29, 0.717) is 0 Å². The molecule has 0 aliphatic rings.